The van der Waals surface area contributed by atoms with Gasteiger partial charge in [-0.3, -0.25) is 0 Å². The van der Waals surface area contributed by atoms with Gasteiger partial charge in [0.1, 0.15) is 11.3 Å². The van der Waals surface area contributed by atoms with Crippen molar-refractivity contribution in [1.29, 1.82) is 0 Å². The van der Waals surface area contributed by atoms with E-state index in [0.29, 0.717) is 16.7 Å². The van der Waals surface area contributed by atoms with Gasteiger partial charge in [-0.15, -0.1) is 0 Å². The Hall–Kier alpha value is -2.49. The molecule has 0 spiro atoms. The molecule has 0 aliphatic rings. The number of phenols is 1. The maximum absolute atomic E-state index is 12.2. The molecular formula is C17H17NO3. The average molecular weight is 283 g/mol. The SMILES string of the molecule is CCc1ccc2c(c1)oc(=O)c1ccc(O)c(N(C)C)c12. The highest BCUT2D eigenvalue weighted by molar-refractivity contribution is 6.12. The summed E-state index contributed by atoms with van der Waals surface area (Å²) >= 11 is 0. The van der Waals surface area contributed by atoms with Crippen LogP contribution in [-0.4, -0.2) is 19.2 Å². The first kappa shape index (κ1) is 13.5. The Labute approximate surface area is 122 Å². The molecule has 0 unspecified atom stereocenters. The highest BCUT2D eigenvalue weighted by Gasteiger charge is 2.16. The van der Waals surface area contributed by atoms with Crippen LogP contribution in [0.4, 0.5) is 5.69 Å². The van der Waals surface area contributed by atoms with E-state index in [1.165, 1.54) is 6.07 Å². The molecule has 108 valence electrons. The topological polar surface area (TPSA) is 53.7 Å². The molecule has 0 amide bonds. The molecule has 21 heavy (non-hydrogen) atoms. The van der Waals surface area contributed by atoms with Crippen molar-refractivity contribution in [3.63, 3.8) is 0 Å². The highest BCUT2D eigenvalue weighted by Crippen LogP contribution is 2.37. The third kappa shape index (κ3) is 2.03. The average Bonchev–Trinajstić information content (AvgIpc) is 2.45. The molecule has 1 heterocycles. The Morgan fingerprint density at radius 3 is 2.52 bits per heavy atom. The lowest BCUT2D eigenvalue weighted by Crippen LogP contribution is -2.11. The number of rotatable bonds is 2. The Bertz CT molecular complexity index is 894. The van der Waals surface area contributed by atoms with E-state index in [0.717, 1.165) is 22.8 Å². The quantitative estimate of drug-likeness (QED) is 0.579. The maximum atomic E-state index is 12.2. The lowest BCUT2D eigenvalue weighted by molar-refractivity contribution is 0.476. The van der Waals surface area contributed by atoms with Crippen molar-refractivity contribution in [2.45, 2.75) is 13.3 Å². The molecule has 0 bridgehead atoms. The van der Waals surface area contributed by atoms with Gasteiger partial charge in [-0.25, -0.2) is 4.79 Å². The van der Waals surface area contributed by atoms with Gasteiger partial charge < -0.3 is 14.4 Å². The van der Waals surface area contributed by atoms with Crippen LogP contribution in [0.3, 0.4) is 0 Å². The molecule has 2 aromatic carbocycles. The zero-order valence-corrected chi connectivity index (χ0v) is 12.3. The molecule has 1 N–H and O–H groups in total. The van der Waals surface area contributed by atoms with E-state index in [-0.39, 0.29) is 11.4 Å². The zero-order chi connectivity index (χ0) is 15.1. The van der Waals surface area contributed by atoms with Crippen LogP contribution in [0.1, 0.15) is 12.5 Å². The van der Waals surface area contributed by atoms with Gasteiger partial charge >= 0.3 is 5.63 Å². The van der Waals surface area contributed by atoms with Crippen LogP contribution in [0.25, 0.3) is 21.7 Å². The largest absolute Gasteiger partial charge is 0.506 e. The monoisotopic (exact) mass is 283 g/mol. The number of aryl methyl sites for hydroxylation is 1. The molecule has 1 aromatic heterocycles. The summed E-state index contributed by atoms with van der Waals surface area (Å²) < 4.78 is 5.44. The predicted molar refractivity (Wildman–Crippen MR) is 85.4 cm³/mol. The number of benzene rings is 2. The maximum Gasteiger partial charge on any atom is 0.344 e. The third-order valence-corrected chi connectivity index (χ3v) is 3.75. The van der Waals surface area contributed by atoms with Crippen molar-refractivity contribution >= 4 is 27.4 Å². The van der Waals surface area contributed by atoms with E-state index >= 15 is 0 Å². The Morgan fingerprint density at radius 1 is 1.14 bits per heavy atom. The van der Waals surface area contributed by atoms with Gasteiger partial charge in [0.2, 0.25) is 0 Å². The van der Waals surface area contributed by atoms with Gasteiger partial charge in [-0.2, -0.15) is 0 Å². The van der Waals surface area contributed by atoms with Crippen LogP contribution in [0.15, 0.2) is 39.5 Å². The molecule has 0 atom stereocenters. The van der Waals surface area contributed by atoms with Crippen molar-refractivity contribution in [1.82, 2.24) is 0 Å². The number of hydrogen-bond acceptors (Lipinski definition) is 4. The van der Waals surface area contributed by atoms with Gasteiger partial charge in [0, 0.05) is 24.9 Å². The summed E-state index contributed by atoms with van der Waals surface area (Å²) in [6, 6.07) is 8.99. The van der Waals surface area contributed by atoms with Gasteiger partial charge in [0.05, 0.1) is 11.1 Å². The lowest BCUT2D eigenvalue weighted by Gasteiger charge is -2.18. The second-order valence-electron chi connectivity index (χ2n) is 5.32. The second-order valence-corrected chi connectivity index (χ2v) is 5.32. The molecule has 0 radical (unpaired) electrons. The number of hydrogen-bond donors (Lipinski definition) is 1. The van der Waals surface area contributed by atoms with Crippen molar-refractivity contribution in [3.8, 4) is 5.75 Å². The van der Waals surface area contributed by atoms with Gasteiger partial charge in [0.15, 0.2) is 0 Å². The normalized spacial score (nSPS) is 11.2. The van der Waals surface area contributed by atoms with Crippen molar-refractivity contribution in [2.75, 3.05) is 19.0 Å². The van der Waals surface area contributed by atoms with Crippen molar-refractivity contribution in [2.24, 2.45) is 0 Å². The van der Waals surface area contributed by atoms with Gasteiger partial charge in [-0.05, 0) is 30.2 Å². The van der Waals surface area contributed by atoms with E-state index in [2.05, 4.69) is 6.92 Å². The molecule has 0 saturated carbocycles. The summed E-state index contributed by atoms with van der Waals surface area (Å²) in [4.78, 5) is 14.0. The summed E-state index contributed by atoms with van der Waals surface area (Å²) in [5, 5.41) is 12.2. The number of fused-ring (bicyclic) bond motifs is 3. The summed E-state index contributed by atoms with van der Waals surface area (Å²) in [6.07, 6.45) is 0.873. The second kappa shape index (κ2) is 4.81. The number of anilines is 1. The molecular weight excluding hydrogens is 266 g/mol. The summed E-state index contributed by atoms with van der Waals surface area (Å²) in [7, 11) is 3.69. The minimum absolute atomic E-state index is 0.152. The first-order chi connectivity index (χ1) is 10.0. The summed E-state index contributed by atoms with van der Waals surface area (Å²) in [6.45, 7) is 2.05. The Balaban J connectivity index is 2.57. The molecule has 4 heteroatoms. The summed E-state index contributed by atoms with van der Waals surface area (Å²) in [5.41, 5.74) is 1.92. The molecule has 3 aromatic rings. The van der Waals surface area contributed by atoms with Crippen LogP contribution < -0.4 is 10.5 Å². The fourth-order valence-electron chi connectivity index (χ4n) is 2.71. The predicted octanol–water partition coefficient (Wildman–Crippen LogP) is 3.28. The first-order valence-electron chi connectivity index (χ1n) is 6.91. The van der Waals surface area contributed by atoms with E-state index in [9.17, 15) is 9.90 Å². The molecule has 0 fully saturated rings. The zero-order valence-electron chi connectivity index (χ0n) is 12.3. The first-order valence-corrected chi connectivity index (χ1v) is 6.91. The Kier molecular flexibility index (Phi) is 3.09. The number of nitrogens with zero attached hydrogens (tertiary/aromatic N) is 1. The minimum Gasteiger partial charge on any atom is -0.506 e. The molecule has 0 aliphatic heterocycles. The van der Waals surface area contributed by atoms with Gasteiger partial charge in [0.25, 0.3) is 0 Å². The molecule has 3 rings (SSSR count). The third-order valence-electron chi connectivity index (χ3n) is 3.75. The minimum atomic E-state index is -0.381. The Morgan fingerprint density at radius 2 is 1.86 bits per heavy atom. The van der Waals surface area contributed by atoms with E-state index in [1.54, 1.807) is 6.07 Å². The molecule has 4 nitrogen and oxygen atoms in total. The fraction of sp³-hybridized carbons (Fsp3) is 0.235. The van der Waals surface area contributed by atoms with Crippen LogP contribution in [-0.2, 0) is 6.42 Å². The van der Waals surface area contributed by atoms with E-state index < -0.39 is 0 Å². The molecule has 0 saturated heterocycles. The number of phenolic OH excluding ortho intramolecular Hbond substituents is 1. The van der Waals surface area contributed by atoms with Crippen LogP contribution in [0.2, 0.25) is 0 Å². The van der Waals surface area contributed by atoms with Gasteiger partial charge in [-0.1, -0.05) is 19.1 Å². The molecule has 0 aliphatic carbocycles. The number of aromatic hydroxyl groups is 1. The smallest absolute Gasteiger partial charge is 0.344 e. The van der Waals surface area contributed by atoms with Crippen molar-refractivity contribution < 1.29 is 9.52 Å². The van der Waals surface area contributed by atoms with Crippen LogP contribution in [0.5, 0.6) is 5.75 Å². The van der Waals surface area contributed by atoms with E-state index in [4.69, 9.17) is 4.42 Å². The highest BCUT2D eigenvalue weighted by atomic mass is 16.4. The fourth-order valence-corrected chi connectivity index (χ4v) is 2.71. The van der Waals surface area contributed by atoms with E-state index in [1.807, 2.05) is 37.2 Å². The lowest BCUT2D eigenvalue weighted by atomic mass is 10.0. The van der Waals surface area contributed by atoms with Crippen LogP contribution >= 0.6 is 0 Å². The standard InChI is InChI=1S/C17H17NO3/c1-4-10-5-6-11-14(9-10)21-17(20)12-7-8-13(19)16(15(11)12)18(2)3/h5-9,19H,4H2,1-3H3. The summed E-state index contributed by atoms with van der Waals surface area (Å²) in [5.74, 6) is 0.152. The van der Waals surface area contributed by atoms with Crippen LogP contribution in [0, 0.1) is 0 Å². The van der Waals surface area contributed by atoms with Crippen molar-refractivity contribution in [3.05, 3.63) is 46.3 Å².